The normalized spacial score (nSPS) is 11.2. The molecule has 0 aromatic heterocycles. The van der Waals surface area contributed by atoms with E-state index >= 15 is 0 Å². The van der Waals surface area contributed by atoms with Crippen LogP contribution >= 0.6 is 0 Å². The van der Waals surface area contributed by atoms with Crippen LogP contribution < -0.4 is 24.8 Å². The minimum atomic E-state index is -4.50. The number of hydrogen-bond donors (Lipinski definition) is 2. The zero-order valence-corrected chi connectivity index (χ0v) is 19.6. The van der Waals surface area contributed by atoms with Crippen molar-refractivity contribution in [1.29, 1.82) is 0 Å². The van der Waals surface area contributed by atoms with Crippen LogP contribution in [0.4, 0.5) is 24.5 Å². The summed E-state index contributed by atoms with van der Waals surface area (Å²) in [6.07, 6.45) is -1.67. The molecule has 2 amide bonds. The first-order valence-electron chi connectivity index (χ1n) is 10.5. The number of alkyl halides is 3. The maximum absolute atomic E-state index is 12.8. The number of methoxy groups -OCH3 is 3. The van der Waals surface area contributed by atoms with E-state index in [1.54, 1.807) is 42.5 Å². The molecule has 0 aliphatic heterocycles. The van der Waals surface area contributed by atoms with Gasteiger partial charge in [-0.2, -0.15) is 13.2 Å². The van der Waals surface area contributed by atoms with Crippen molar-refractivity contribution in [3.8, 4) is 17.2 Å². The molecule has 0 radical (unpaired) electrons. The van der Waals surface area contributed by atoms with Crippen molar-refractivity contribution in [2.24, 2.45) is 0 Å². The fourth-order valence-corrected chi connectivity index (χ4v) is 3.25. The molecule has 0 saturated carbocycles. The monoisotopic (exact) mass is 500 g/mol. The Hall–Kier alpha value is -4.47. The van der Waals surface area contributed by atoms with Crippen LogP contribution in [0.5, 0.6) is 17.2 Å². The zero-order valence-electron chi connectivity index (χ0n) is 19.6. The number of amides is 2. The van der Waals surface area contributed by atoms with E-state index in [0.717, 1.165) is 24.3 Å². The molecule has 0 aliphatic carbocycles. The lowest BCUT2D eigenvalue weighted by Crippen LogP contribution is -2.16. The smallest absolute Gasteiger partial charge is 0.416 e. The fourth-order valence-electron chi connectivity index (χ4n) is 3.25. The summed E-state index contributed by atoms with van der Waals surface area (Å²) < 4.78 is 54.2. The van der Waals surface area contributed by atoms with E-state index in [1.165, 1.54) is 27.4 Å². The van der Waals surface area contributed by atoms with E-state index < -0.39 is 23.6 Å². The number of ether oxygens (including phenoxy) is 3. The van der Waals surface area contributed by atoms with Crippen molar-refractivity contribution in [2.75, 3.05) is 32.0 Å². The van der Waals surface area contributed by atoms with Gasteiger partial charge in [-0.15, -0.1) is 0 Å². The van der Waals surface area contributed by atoms with Crippen LogP contribution in [-0.4, -0.2) is 33.1 Å². The van der Waals surface area contributed by atoms with Gasteiger partial charge in [-0.3, -0.25) is 9.59 Å². The number of carbonyl (C=O) groups excluding carboxylic acids is 2. The van der Waals surface area contributed by atoms with E-state index in [2.05, 4.69) is 10.6 Å². The number of anilines is 2. The number of benzene rings is 3. The quantitative estimate of drug-likeness (QED) is 0.391. The highest BCUT2D eigenvalue weighted by atomic mass is 19.4. The summed E-state index contributed by atoms with van der Waals surface area (Å²) in [6, 6.07) is 13.6. The molecule has 7 nitrogen and oxygen atoms in total. The number of halogens is 3. The second-order valence-corrected chi connectivity index (χ2v) is 7.36. The van der Waals surface area contributed by atoms with E-state index in [4.69, 9.17) is 14.2 Å². The summed E-state index contributed by atoms with van der Waals surface area (Å²) in [7, 11) is 4.44. The first-order chi connectivity index (χ1) is 17.2. The van der Waals surface area contributed by atoms with Crippen molar-refractivity contribution >= 4 is 29.3 Å². The molecule has 3 rings (SSSR count). The van der Waals surface area contributed by atoms with Gasteiger partial charge < -0.3 is 24.8 Å². The molecule has 0 bridgehead atoms. The van der Waals surface area contributed by atoms with Crippen LogP contribution in [0.2, 0.25) is 0 Å². The molecule has 0 fully saturated rings. The molecule has 0 atom stereocenters. The van der Waals surface area contributed by atoms with Crippen molar-refractivity contribution in [3.63, 3.8) is 0 Å². The number of rotatable bonds is 8. The van der Waals surface area contributed by atoms with Gasteiger partial charge in [0, 0.05) is 11.6 Å². The fraction of sp³-hybridized carbons (Fsp3) is 0.154. The van der Waals surface area contributed by atoms with Crippen LogP contribution in [0.25, 0.3) is 6.08 Å². The number of para-hydroxylation sites is 2. The Kier molecular flexibility index (Phi) is 8.21. The molecule has 36 heavy (non-hydrogen) atoms. The molecular weight excluding hydrogens is 477 g/mol. The minimum Gasteiger partial charge on any atom is -0.493 e. The van der Waals surface area contributed by atoms with Crippen molar-refractivity contribution < 1.29 is 37.0 Å². The molecule has 0 unspecified atom stereocenters. The third kappa shape index (κ3) is 6.35. The Morgan fingerprint density at radius 2 is 1.36 bits per heavy atom. The molecule has 0 saturated heterocycles. The van der Waals surface area contributed by atoms with Gasteiger partial charge in [0.1, 0.15) is 0 Å². The maximum atomic E-state index is 12.8. The third-order valence-electron chi connectivity index (χ3n) is 5.02. The molecule has 3 aromatic carbocycles. The Balaban J connectivity index is 1.73. The molecule has 0 spiro atoms. The lowest BCUT2D eigenvalue weighted by atomic mass is 10.1. The highest BCUT2D eigenvalue weighted by Crippen LogP contribution is 2.38. The first-order valence-corrected chi connectivity index (χ1v) is 10.5. The van der Waals surface area contributed by atoms with Gasteiger partial charge in [-0.1, -0.05) is 12.1 Å². The highest BCUT2D eigenvalue weighted by Gasteiger charge is 2.30. The minimum absolute atomic E-state index is 0.0337. The Morgan fingerprint density at radius 3 is 1.86 bits per heavy atom. The summed E-state index contributed by atoms with van der Waals surface area (Å²) in [5.41, 5.74) is 0.370. The van der Waals surface area contributed by atoms with Crippen molar-refractivity contribution in [3.05, 3.63) is 83.4 Å². The highest BCUT2D eigenvalue weighted by molar-refractivity contribution is 6.09. The largest absolute Gasteiger partial charge is 0.493 e. The van der Waals surface area contributed by atoms with Crippen LogP contribution in [0.3, 0.4) is 0 Å². The average Bonchev–Trinajstić information content (AvgIpc) is 2.87. The average molecular weight is 500 g/mol. The van der Waals surface area contributed by atoms with E-state index in [1.807, 2.05) is 0 Å². The van der Waals surface area contributed by atoms with Gasteiger partial charge in [0.25, 0.3) is 5.91 Å². The number of hydrogen-bond acceptors (Lipinski definition) is 5. The Morgan fingerprint density at radius 1 is 0.806 bits per heavy atom. The van der Waals surface area contributed by atoms with E-state index in [-0.39, 0.29) is 11.3 Å². The summed E-state index contributed by atoms with van der Waals surface area (Å²) >= 11 is 0. The third-order valence-corrected chi connectivity index (χ3v) is 5.02. The first kappa shape index (κ1) is 26.1. The Labute approximate surface area is 205 Å². The molecule has 0 heterocycles. The summed E-state index contributed by atoms with van der Waals surface area (Å²) in [4.78, 5) is 25.1. The van der Waals surface area contributed by atoms with Gasteiger partial charge in [0.2, 0.25) is 11.7 Å². The van der Waals surface area contributed by atoms with Gasteiger partial charge in [-0.05, 0) is 60.2 Å². The summed E-state index contributed by atoms with van der Waals surface area (Å²) in [6.45, 7) is 0. The number of nitrogens with one attached hydrogen (secondary N) is 2. The number of carbonyl (C=O) groups is 2. The van der Waals surface area contributed by atoms with Gasteiger partial charge >= 0.3 is 6.18 Å². The Bertz CT molecular complexity index is 1250. The van der Waals surface area contributed by atoms with Crippen LogP contribution in [0.15, 0.2) is 66.7 Å². The SMILES string of the molecule is COc1cc(/C=C/C(=O)Nc2ccccc2NC(=O)c2ccc(C(F)(F)F)cc2)cc(OC)c1OC. The standard InChI is InChI=1S/C26H23F3N2O5/c1-34-21-14-16(15-22(35-2)24(21)36-3)8-13-23(32)30-19-6-4-5-7-20(19)31-25(33)17-9-11-18(12-10-17)26(27,28)29/h4-15H,1-3H3,(H,30,32)(H,31,33)/b13-8+. The van der Waals surface area contributed by atoms with Gasteiger partial charge in [0.05, 0.1) is 38.3 Å². The predicted molar refractivity (Wildman–Crippen MR) is 130 cm³/mol. The van der Waals surface area contributed by atoms with E-state index in [9.17, 15) is 22.8 Å². The summed E-state index contributed by atoms with van der Waals surface area (Å²) in [5.74, 6) is 0.152. The lowest BCUT2D eigenvalue weighted by molar-refractivity contribution is -0.137. The van der Waals surface area contributed by atoms with Crippen LogP contribution in [-0.2, 0) is 11.0 Å². The molecule has 2 N–H and O–H groups in total. The van der Waals surface area contributed by atoms with Crippen LogP contribution in [0.1, 0.15) is 21.5 Å². The molecule has 188 valence electrons. The second kappa shape index (κ2) is 11.3. The molecule has 3 aromatic rings. The second-order valence-electron chi connectivity index (χ2n) is 7.36. The van der Waals surface area contributed by atoms with Crippen molar-refractivity contribution in [2.45, 2.75) is 6.18 Å². The van der Waals surface area contributed by atoms with Gasteiger partial charge in [0.15, 0.2) is 11.5 Å². The molecule has 0 aliphatic rings. The van der Waals surface area contributed by atoms with Crippen molar-refractivity contribution in [1.82, 2.24) is 0 Å². The summed E-state index contributed by atoms with van der Waals surface area (Å²) in [5, 5.41) is 5.27. The topological polar surface area (TPSA) is 85.9 Å². The predicted octanol–water partition coefficient (Wildman–Crippen LogP) is 5.64. The van der Waals surface area contributed by atoms with Gasteiger partial charge in [-0.25, -0.2) is 0 Å². The zero-order chi connectivity index (χ0) is 26.3. The molecule has 10 heteroatoms. The molecular formula is C26H23F3N2O5. The maximum Gasteiger partial charge on any atom is 0.416 e. The van der Waals surface area contributed by atoms with E-state index in [0.29, 0.717) is 28.5 Å². The lowest BCUT2D eigenvalue weighted by Gasteiger charge is -2.13. The van der Waals surface area contributed by atoms with Crippen LogP contribution in [0, 0.1) is 0 Å².